The van der Waals surface area contributed by atoms with Gasteiger partial charge in [-0.25, -0.2) is 12.8 Å². The number of hydrogen-bond donors (Lipinski definition) is 0. The molecule has 1 atom stereocenters. The van der Waals surface area contributed by atoms with Crippen molar-refractivity contribution >= 4 is 15.9 Å². The fourth-order valence-electron chi connectivity index (χ4n) is 3.58. The minimum Gasteiger partial charge on any atom is -0.379 e. The van der Waals surface area contributed by atoms with Crippen LogP contribution in [0.2, 0.25) is 0 Å². The van der Waals surface area contributed by atoms with Crippen LogP contribution in [0.25, 0.3) is 0 Å². The van der Waals surface area contributed by atoms with Crippen LogP contribution in [0.4, 0.5) is 4.39 Å². The second kappa shape index (κ2) is 8.45. The van der Waals surface area contributed by atoms with E-state index in [0.717, 1.165) is 18.4 Å². The first kappa shape index (κ1) is 19.3. The average molecular weight is 384 g/mol. The lowest BCUT2D eigenvalue weighted by atomic mass is 10.0. The number of amides is 1. The zero-order chi connectivity index (χ0) is 18.6. The number of hydrogen-bond acceptors (Lipinski definition) is 4. The average Bonchev–Trinajstić information content (AvgIpc) is 3.11. The Balaban J connectivity index is 1.55. The highest BCUT2D eigenvalue weighted by Gasteiger charge is 2.31. The standard InChI is InChI=1S/C18H25FN2O4S/c19-16-5-3-15(4-6-16)14-17-2-1-8-21(17)18(22)7-13-26(23,24)20-9-11-25-12-10-20/h3-6,17H,1-2,7-14H2. The molecule has 0 aromatic heterocycles. The summed E-state index contributed by atoms with van der Waals surface area (Å²) in [6.45, 7) is 2.17. The highest BCUT2D eigenvalue weighted by atomic mass is 32.2. The Morgan fingerprint density at radius 2 is 1.85 bits per heavy atom. The lowest BCUT2D eigenvalue weighted by Crippen LogP contribution is -2.43. The van der Waals surface area contributed by atoms with Gasteiger partial charge in [-0.05, 0) is 37.0 Å². The third-order valence-electron chi connectivity index (χ3n) is 5.02. The molecule has 2 aliphatic rings. The Morgan fingerprint density at radius 3 is 2.54 bits per heavy atom. The van der Waals surface area contributed by atoms with Crippen LogP contribution >= 0.6 is 0 Å². The van der Waals surface area contributed by atoms with Gasteiger partial charge in [0, 0.05) is 32.1 Å². The van der Waals surface area contributed by atoms with E-state index in [4.69, 9.17) is 4.74 Å². The number of sulfonamides is 1. The van der Waals surface area contributed by atoms with Gasteiger partial charge < -0.3 is 9.64 Å². The highest BCUT2D eigenvalue weighted by molar-refractivity contribution is 7.89. The van der Waals surface area contributed by atoms with Gasteiger partial charge in [-0.2, -0.15) is 4.31 Å². The fourth-order valence-corrected chi connectivity index (χ4v) is 4.98. The molecule has 0 saturated carbocycles. The summed E-state index contributed by atoms with van der Waals surface area (Å²) in [7, 11) is -3.42. The lowest BCUT2D eigenvalue weighted by molar-refractivity contribution is -0.131. The second-order valence-corrected chi connectivity index (χ2v) is 8.88. The van der Waals surface area contributed by atoms with E-state index in [1.54, 1.807) is 17.0 Å². The summed E-state index contributed by atoms with van der Waals surface area (Å²) in [5.74, 6) is -0.557. The molecule has 2 aliphatic heterocycles. The van der Waals surface area contributed by atoms with Crippen LogP contribution in [0, 0.1) is 5.82 Å². The molecule has 0 radical (unpaired) electrons. The summed E-state index contributed by atoms with van der Waals surface area (Å²) in [6.07, 6.45) is 2.47. The van der Waals surface area contributed by atoms with Crippen LogP contribution < -0.4 is 0 Å². The topological polar surface area (TPSA) is 66.9 Å². The SMILES string of the molecule is O=C(CCS(=O)(=O)N1CCOCC1)N1CCCC1Cc1ccc(F)cc1. The van der Waals surface area contributed by atoms with E-state index < -0.39 is 10.0 Å². The number of halogens is 1. The van der Waals surface area contributed by atoms with Crippen LogP contribution in [-0.4, -0.2) is 68.2 Å². The van der Waals surface area contributed by atoms with E-state index in [0.29, 0.717) is 39.3 Å². The number of carbonyl (C=O) groups is 1. The second-order valence-electron chi connectivity index (χ2n) is 6.79. The molecule has 26 heavy (non-hydrogen) atoms. The van der Waals surface area contributed by atoms with E-state index in [9.17, 15) is 17.6 Å². The summed E-state index contributed by atoms with van der Waals surface area (Å²) in [4.78, 5) is 14.4. The summed E-state index contributed by atoms with van der Waals surface area (Å²) < 4.78 is 44.4. The van der Waals surface area contributed by atoms with Gasteiger partial charge in [0.15, 0.2) is 0 Å². The maximum absolute atomic E-state index is 13.0. The van der Waals surface area contributed by atoms with Gasteiger partial charge in [0.2, 0.25) is 15.9 Å². The van der Waals surface area contributed by atoms with Gasteiger partial charge in [-0.15, -0.1) is 0 Å². The van der Waals surface area contributed by atoms with Crippen molar-refractivity contribution in [3.8, 4) is 0 Å². The molecule has 144 valence electrons. The Hall–Kier alpha value is -1.51. The van der Waals surface area contributed by atoms with Gasteiger partial charge in [-0.1, -0.05) is 12.1 Å². The molecule has 3 rings (SSSR count). The molecule has 0 bridgehead atoms. The molecule has 1 aromatic rings. The summed E-state index contributed by atoms with van der Waals surface area (Å²) in [6, 6.07) is 6.37. The van der Waals surface area contributed by atoms with E-state index in [1.165, 1.54) is 16.4 Å². The van der Waals surface area contributed by atoms with Crippen molar-refractivity contribution in [3.63, 3.8) is 0 Å². The number of morpholine rings is 1. The molecule has 1 amide bonds. The minimum absolute atomic E-state index is 0.000389. The van der Waals surface area contributed by atoms with Crippen LogP contribution in [0.15, 0.2) is 24.3 Å². The molecule has 8 heteroatoms. The molecule has 2 saturated heterocycles. The van der Waals surface area contributed by atoms with Gasteiger partial charge in [0.1, 0.15) is 5.82 Å². The smallest absolute Gasteiger partial charge is 0.223 e. The quantitative estimate of drug-likeness (QED) is 0.744. The van der Waals surface area contributed by atoms with Gasteiger partial charge in [0.25, 0.3) is 0 Å². The number of carbonyl (C=O) groups excluding carboxylic acids is 1. The van der Waals surface area contributed by atoms with Crippen LogP contribution in [0.3, 0.4) is 0 Å². The first-order chi connectivity index (χ1) is 12.5. The Labute approximate surface area is 154 Å². The van der Waals surface area contributed by atoms with Crippen molar-refractivity contribution in [2.45, 2.75) is 31.7 Å². The Kier molecular flexibility index (Phi) is 6.26. The third-order valence-corrected chi connectivity index (χ3v) is 6.89. The highest BCUT2D eigenvalue weighted by Crippen LogP contribution is 2.22. The minimum atomic E-state index is -3.42. The van der Waals surface area contributed by atoms with Crippen LogP contribution in [0.1, 0.15) is 24.8 Å². The van der Waals surface area contributed by atoms with Crippen molar-refractivity contribution < 1.29 is 22.3 Å². The van der Waals surface area contributed by atoms with Gasteiger partial charge >= 0.3 is 0 Å². The lowest BCUT2D eigenvalue weighted by Gasteiger charge is -2.27. The maximum atomic E-state index is 13.0. The molecule has 2 fully saturated rings. The summed E-state index contributed by atoms with van der Waals surface area (Å²) in [5, 5.41) is 0. The summed E-state index contributed by atoms with van der Waals surface area (Å²) >= 11 is 0. The van der Waals surface area contributed by atoms with Crippen molar-refractivity contribution in [2.24, 2.45) is 0 Å². The normalized spacial score (nSPS) is 21.9. The van der Waals surface area contributed by atoms with E-state index in [2.05, 4.69) is 0 Å². The molecule has 0 N–H and O–H groups in total. The van der Waals surface area contributed by atoms with E-state index in [-0.39, 0.29) is 29.9 Å². The van der Waals surface area contributed by atoms with Crippen molar-refractivity contribution in [3.05, 3.63) is 35.6 Å². The Bertz CT molecular complexity index is 717. The largest absolute Gasteiger partial charge is 0.379 e. The number of ether oxygens (including phenoxy) is 1. The monoisotopic (exact) mass is 384 g/mol. The van der Waals surface area contributed by atoms with Crippen molar-refractivity contribution in [1.29, 1.82) is 0 Å². The Morgan fingerprint density at radius 1 is 1.15 bits per heavy atom. The van der Waals surface area contributed by atoms with E-state index >= 15 is 0 Å². The number of likely N-dealkylation sites (tertiary alicyclic amines) is 1. The van der Waals surface area contributed by atoms with E-state index in [1.807, 2.05) is 0 Å². The van der Waals surface area contributed by atoms with Crippen molar-refractivity contribution in [1.82, 2.24) is 9.21 Å². The molecule has 6 nitrogen and oxygen atoms in total. The molecular formula is C18H25FN2O4S. The number of rotatable bonds is 6. The number of nitrogens with zero attached hydrogens (tertiary/aromatic N) is 2. The predicted octanol–water partition coefficient (Wildman–Crippen LogP) is 1.41. The fraction of sp³-hybridized carbons (Fsp3) is 0.611. The molecule has 2 heterocycles. The third kappa shape index (κ3) is 4.81. The summed E-state index contributed by atoms with van der Waals surface area (Å²) in [5.41, 5.74) is 0.983. The molecule has 1 unspecified atom stereocenters. The first-order valence-corrected chi connectivity index (χ1v) is 10.7. The zero-order valence-corrected chi connectivity index (χ0v) is 15.6. The van der Waals surface area contributed by atoms with Gasteiger partial charge in [0.05, 0.1) is 19.0 Å². The number of benzene rings is 1. The molecule has 1 aromatic carbocycles. The first-order valence-electron chi connectivity index (χ1n) is 9.05. The molecule has 0 aliphatic carbocycles. The predicted molar refractivity (Wildman–Crippen MR) is 95.6 cm³/mol. The molecular weight excluding hydrogens is 359 g/mol. The zero-order valence-electron chi connectivity index (χ0n) is 14.8. The van der Waals surface area contributed by atoms with Crippen LogP contribution in [0.5, 0.6) is 0 Å². The maximum Gasteiger partial charge on any atom is 0.223 e. The molecule has 0 spiro atoms. The van der Waals surface area contributed by atoms with Gasteiger partial charge in [-0.3, -0.25) is 4.79 Å². The van der Waals surface area contributed by atoms with Crippen LogP contribution in [-0.2, 0) is 26.0 Å². The van der Waals surface area contributed by atoms with Crippen molar-refractivity contribution in [2.75, 3.05) is 38.6 Å².